The largest absolute Gasteiger partial charge is 0.419 e. The van der Waals surface area contributed by atoms with Crippen molar-refractivity contribution >= 4 is 40.9 Å². The van der Waals surface area contributed by atoms with Gasteiger partial charge in [0.15, 0.2) is 0 Å². The van der Waals surface area contributed by atoms with Crippen LogP contribution in [0.1, 0.15) is 45.7 Å². The number of nitrogens with two attached hydrogens (primary N) is 1. The van der Waals surface area contributed by atoms with Crippen LogP contribution in [0.25, 0.3) is 11.6 Å². The Bertz CT molecular complexity index is 1390. The minimum absolute atomic E-state index is 0.00608. The number of halogens is 4. The smallest absolute Gasteiger partial charge is 0.379 e. The number of amides is 4. The second kappa shape index (κ2) is 10.6. The van der Waals surface area contributed by atoms with Crippen LogP contribution in [0.15, 0.2) is 12.1 Å². The molecule has 2 saturated heterocycles. The Balaban J connectivity index is 1.47. The van der Waals surface area contributed by atoms with E-state index in [1.54, 1.807) is 0 Å². The van der Waals surface area contributed by atoms with Crippen molar-refractivity contribution in [1.29, 1.82) is 0 Å². The Kier molecular flexibility index (Phi) is 7.31. The SMILES string of the molecule is Cc1[nH]c(/C=C2\C(=O)Nc3c(NC(N)=O)cc(F)cc32)c(C(F)(F)F)c1C(=O)N1CCC(N2CCOCC2)CC1. The van der Waals surface area contributed by atoms with Gasteiger partial charge in [-0.05, 0) is 38.0 Å². The van der Waals surface area contributed by atoms with Crippen molar-refractivity contribution in [3.8, 4) is 0 Å². The van der Waals surface area contributed by atoms with E-state index in [0.717, 1.165) is 31.3 Å². The van der Waals surface area contributed by atoms with Crippen LogP contribution in [0.4, 0.5) is 33.7 Å². The van der Waals surface area contributed by atoms with Gasteiger partial charge in [-0.25, -0.2) is 9.18 Å². The first-order valence-electron chi connectivity index (χ1n) is 12.8. The molecule has 0 atom stereocenters. The summed E-state index contributed by atoms with van der Waals surface area (Å²) in [7, 11) is 0. The van der Waals surface area contributed by atoms with Crippen molar-refractivity contribution in [3.63, 3.8) is 0 Å². The summed E-state index contributed by atoms with van der Waals surface area (Å²) in [6.07, 6.45) is -2.73. The zero-order chi connectivity index (χ0) is 28.8. The standard InChI is InChI=1S/C26H28F4N6O4/c1-13-20(24(38)36-4-2-15(3-5-36)35-6-8-40-9-7-35)21(26(28,29)30)18(32-13)12-17-16-10-14(27)11-19(33-25(31)39)22(16)34-23(17)37/h10-12,15,32H,2-9H2,1H3,(H,34,37)(H3,31,33,39)/b17-12-. The molecule has 4 heterocycles. The Morgan fingerprint density at radius 3 is 2.45 bits per heavy atom. The van der Waals surface area contributed by atoms with Crippen molar-refractivity contribution in [2.45, 2.75) is 32.0 Å². The van der Waals surface area contributed by atoms with Crippen molar-refractivity contribution in [2.75, 3.05) is 50.0 Å². The molecular weight excluding hydrogens is 536 g/mol. The number of carbonyl (C=O) groups excluding carboxylic acids is 3. The van der Waals surface area contributed by atoms with Crippen molar-refractivity contribution < 1.29 is 36.7 Å². The van der Waals surface area contributed by atoms with Crippen LogP contribution >= 0.6 is 0 Å². The lowest BCUT2D eigenvalue weighted by atomic mass is 9.99. The predicted molar refractivity (Wildman–Crippen MR) is 138 cm³/mol. The Morgan fingerprint density at radius 2 is 1.82 bits per heavy atom. The number of primary amides is 1. The third-order valence-electron chi connectivity index (χ3n) is 7.45. The quantitative estimate of drug-likeness (QED) is 0.334. The molecule has 40 heavy (non-hydrogen) atoms. The molecule has 0 bridgehead atoms. The lowest BCUT2D eigenvalue weighted by Gasteiger charge is -2.40. The van der Waals surface area contributed by atoms with Crippen LogP contribution in [0.3, 0.4) is 0 Å². The van der Waals surface area contributed by atoms with Gasteiger partial charge in [0, 0.05) is 43.5 Å². The van der Waals surface area contributed by atoms with E-state index in [1.807, 2.05) is 0 Å². The predicted octanol–water partition coefficient (Wildman–Crippen LogP) is 3.40. The number of rotatable bonds is 4. The Morgan fingerprint density at radius 1 is 1.15 bits per heavy atom. The van der Waals surface area contributed by atoms with Gasteiger partial charge >= 0.3 is 12.2 Å². The van der Waals surface area contributed by atoms with Gasteiger partial charge in [0.2, 0.25) is 0 Å². The number of likely N-dealkylation sites (tertiary alicyclic amines) is 1. The van der Waals surface area contributed by atoms with E-state index in [9.17, 15) is 31.9 Å². The summed E-state index contributed by atoms with van der Waals surface area (Å²) in [6.45, 7) is 4.81. The maximum atomic E-state index is 14.4. The summed E-state index contributed by atoms with van der Waals surface area (Å²) in [4.78, 5) is 43.8. The molecule has 3 aliphatic heterocycles. The molecule has 0 unspecified atom stereocenters. The number of urea groups is 1. The van der Waals surface area contributed by atoms with E-state index in [-0.39, 0.29) is 34.2 Å². The van der Waals surface area contributed by atoms with E-state index >= 15 is 0 Å². The summed E-state index contributed by atoms with van der Waals surface area (Å²) in [5, 5.41) is 4.61. The number of nitrogens with one attached hydrogen (secondary N) is 3. The topological polar surface area (TPSA) is 133 Å². The van der Waals surface area contributed by atoms with E-state index in [2.05, 4.69) is 20.5 Å². The molecule has 214 valence electrons. The number of aromatic amines is 1. The number of alkyl halides is 3. The number of anilines is 2. The number of nitrogens with zero attached hydrogens (tertiary/aromatic N) is 2. The van der Waals surface area contributed by atoms with Crippen molar-refractivity contribution in [3.05, 3.63) is 46.0 Å². The number of aromatic nitrogens is 1. The van der Waals surface area contributed by atoms with Gasteiger partial charge in [0.05, 0.1) is 47.0 Å². The van der Waals surface area contributed by atoms with Crippen molar-refractivity contribution in [2.24, 2.45) is 5.73 Å². The first-order chi connectivity index (χ1) is 18.9. The number of fused-ring (bicyclic) bond motifs is 1. The number of piperidine rings is 1. The monoisotopic (exact) mass is 564 g/mol. The lowest BCUT2D eigenvalue weighted by Crippen LogP contribution is -2.50. The highest BCUT2D eigenvalue weighted by Crippen LogP contribution is 2.42. The van der Waals surface area contributed by atoms with Crippen molar-refractivity contribution in [1.82, 2.24) is 14.8 Å². The molecule has 3 aliphatic rings. The van der Waals surface area contributed by atoms with Crippen LogP contribution in [-0.2, 0) is 15.7 Å². The van der Waals surface area contributed by atoms with E-state index < -0.39 is 46.7 Å². The highest BCUT2D eigenvalue weighted by Gasteiger charge is 2.42. The Labute approximate surface area is 226 Å². The fraction of sp³-hybridized carbons (Fsp3) is 0.423. The summed E-state index contributed by atoms with van der Waals surface area (Å²) in [6, 6.07) is 1.10. The molecule has 0 radical (unpaired) electrons. The molecule has 2 fully saturated rings. The van der Waals surface area contributed by atoms with Gasteiger partial charge < -0.3 is 31.0 Å². The fourth-order valence-corrected chi connectivity index (χ4v) is 5.63. The van der Waals surface area contributed by atoms with Crippen LogP contribution in [0.2, 0.25) is 0 Å². The summed E-state index contributed by atoms with van der Waals surface area (Å²) >= 11 is 0. The van der Waals surface area contributed by atoms with Crippen LogP contribution in [0, 0.1) is 12.7 Å². The normalized spacial score (nSPS) is 19.6. The second-order valence-electron chi connectivity index (χ2n) is 9.96. The molecule has 5 rings (SSSR count). The molecule has 1 aromatic carbocycles. The van der Waals surface area contributed by atoms with E-state index in [0.29, 0.717) is 39.1 Å². The Hall–Kier alpha value is -3.91. The van der Waals surface area contributed by atoms with Gasteiger partial charge in [0.25, 0.3) is 11.8 Å². The average Bonchev–Trinajstić information content (AvgIpc) is 3.40. The number of H-pyrrole nitrogens is 1. The molecule has 1 aromatic heterocycles. The van der Waals surface area contributed by atoms with Gasteiger partial charge in [-0.2, -0.15) is 13.2 Å². The second-order valence-corrected chi connectivity index (χ2v) is 9.96. The zero-order valence-corrected chi connectivity index (χ0v) is 21.6. The highest BCUT2D eigenvalue weighted by molar-refractivity contribution is 6.36. The number of ether oxygens (including phenoxy) is 1. The van der Waals surface area contributed by atoms with Gasteiger partial charge in [-0.15, -0.1) is 0 Å². The summed E-state index contributed by atoms with van der Waals surface area (Å²) < 4.78 is 63.0. The summed E-state index contributed by atoms with van der Waals surface area (Å²) in [5.74, 6) is -2.41. The minimum atomic E-state index is -4.94. The first-order valence-corrected chi connectivity index (χ1v) is 12.8. The van der Waals surface area contributed by atoms with E-state index in [1.165, 1.54) is 11.8 Å². The van der Waals surface area contributed by atoms with Gasteiger partial charge in [0.1, 0.15) is 5.82 Å². The number of benzene rings is 1. The summed E-state index contributed by atoms with van der Waals surface area (Å²) in [5.41, 5.74) is 2.38. The van der Waals surface area contributed by atoms with Crippen LogP contribution < -0.4 is 16.4 Å². The average molecular weight is 565 g/mol. The third kappa shape index (κ3) is 5.28. The molecule has 0 spiro atoms. The number of hydrogen-bond donors (Lipinski definition) is 4. The number of carbonyl (C=O) groups is 3. The van der Waals surface area contributed by atoms with Gasteiger partial charge in [-0.3, -0.25) is 14.5 Å². The molecule has 0 saturated carbocycles. The molecule has 14 heteroatoms. The maximum absolute atomic E-state index is 14.4. The highest BCUT2D eigenvalue weighted by atomic mass is 19.4. The lowest BCUT2D eigenvalue weighted by molar-refractivity contribution is -0.138. The molecular formula is C26H28F4N6O4. The third-order valence-corrected chi connectivity index (χ3v) is 7.45. The molecule has 10 nitrogen and oxygen atoms in total. The minimum Gasteiger partial charge on any atom is -0.379 e. The maximum Gasteiger partial charge on any atom is 0.419 e. The number of morpholine rings is 1. The first kappa shape index (κ1) is 27.6. The van der Waals surface area contributed by atoms with Gasteiger partial charge in [-0.1, -0.05) is 0 Å². The fourth-order valence-electron chi connectivity index (χ4n) is 5.63. The molecule has 2 aromatic rings. The molecule has 5 N–H and O–H groups in total. The van der Waals surface area contributed by atoms with Crippen LogP contribution in [-0.4, -0.2) is 78.1 Å². The molecule has 4 amide bonds. The van der Waals surface area contributed by atoms with Crippen LogP contribution in [0.5, 0.6) is 0 Å². The number of aryl methyl sites for hydroxylation is 1. The number of hydrogen-bond acceptors (Lipinski definition) is 5. The molecule has 0 aliphatic carbocycles. The van der Waals surface area contributed by atoms with E-state index in [4.69, 9.17) is 10.5 Å². The zero-order valence-electron chi connectivity index (χ0n) is 21.6.